The van der Waals surface area contributed by atoms with Gasteiger partial charge in [-0.15, -0.1) is 0 Å². The van der Waals surface area contributed by atoms with Crippen molar-refractivity contribution in [3.63, 3.8) is 0 Å². The number of carbonyl (C=O) groups excluding carboxylic acids is 2. The minimum Gasteiger partial charge on any atom is -0.507 e. The lowest BCUT2D eigenvalue weighted by molar-refractivity contribution is -0.132. The molecule has 0 aromatic heterocycles. The Morgan fingerprint density at radius 3 is 2.26 bits per heavy atom. The Balaban J connectivity index is 2.02. The summed E-state index contributed by atoms with van der Waals surface area (Å²) in [6, 6.07) is 11.9. The average molecular weight is 521 g/mol. The topological polar surface area (TPSA) is 66.8 Å². The first-order valence-corrected chi connectivity index (χ1v) is 11.1. The summed E-state index contributed by atoms with van der Waals surface area (Å²) in [5.41, 5.74) is 1.32. The van der Waals surface area contributed by atoms with Gasteiger partial charge in [0.2, 0.25) is 0 Å². The Bertz CT molecular complexity index is 1360. The SMILES string of the molecule is COc1c(Cl)cc(C)cc1/C(O)=C1\C(=O)C(=O)N(c2ccc(F)cc2)C1c1ccc(Cl)c(Cl)c1. The number of ketones is 1. The van der Waals surface area contributed by atoms with Crippen LogP contribution in [-0.4, -0.2) is 23.9 Å². The van der Waals surface area contributed by atoms with Crippen LogP contribution in [0.3, 0.4) is 0 Å². The highest BCUT2D eigenvalue weighted by Crippen LogP contribution is 2.45. The number of methoxy groups -OCH3 is 1. The third-order valence-electron chi connectivity index (χ3n) is 5.46. The highest BCUT2D eigenvalue weighted by molar-refractivity contribution is 6.52. The van der Waals surface area contributed by atoms with Crippen LogP contribution in [0.4, 0.5) is 10.1 Å². The highest BCUT2D eigenvalue weighted by Gasteiger charge is 2.47. The van der Waals surface area contributed by atoms with Gasteiger partial charge >= 0.3 is 0 Å². The van der Waals surface area contributed by atoms with Crippen LogP contribution in [-0.2, 0) is 9.59 Å². The molecule has 0 bridgehead atoms. The smallest absolute Gasteiger partial charge is 0.300 e. The number of hydrogen-bond donors (Lipinski definition) is 1. The van der Waals surface area contributed by atoms with Gasteiger partial charge in [-0.3, -0.25) is 14.5 Å². The van der Waals surface area contributed by atoms with Crippen LogP contribution in [0.25, 0.3) is 5.76 Å². The summed E-state index contributed by atoms with van der Waals surface area (Å²) in [5.74, 6) is -2.67. The fourth-order valence-corrected chi connectivity index (χ4v) is 4.61. The number of carbonyl (C=O) groups is 2. The second kappa shape index (κ2) is 9.29. The molecule has 1 amide bonds. The molecule has 3 aromatic carbocycles. The van der Waals surface area contributed by atoms with Crippen molar-refractivity contribution < 1.29 is 23.8 Å². The van der Waals surface area contributed by atoms with Gasteiger partial charge in [0.1, 0.15) is 17.3 Å². The maximum absolute atomic E-state index is 13.6. The lowest BCUT2D eigenvalue weighted by atomic mass is 9.94. The third-order valence-corrected chi connectivity index (χ3v) is 6.48. The van der Waals surface area contributed by atoms with Crippen molar-refractivity contribution >= 4 is 57.9 Å². The Labute approximate surface area is 209 Å². The first-order chi connectivity index (χ1) is 16.1. The van der Waals surface area contributed by atoms with Gasteiger partial charge < -0.3 is 9.84 Å². The number of aliphatic hydroxyl groups is 1. The van der Waals surface area contributed by atoms with Crippen LogP contribution in [0, 0.1) is 12.7 Å². The number of halogens is 4. The number of amides is 1. The van der Waals surface area contributed by atoms with Crippen LogP contribution in [0.5, 0.6) is 5.75 Å². The molecule has 1 aliphatic heterocycles. The van der Waals surface area contributed by atoms with E-state index in [1.165, 1.54) is 48.4 Å². The van der Waals surface area contributed by atoms with E-state index in [9.17, 15) is 19.1 Å². The van der Waals surface area contributed by atoms with Crippen molar-refractivity contribution in [3.05, 3.63) is 97.7 Å². The summed E-state index contributed by atoms with van der Waals surface area (Å²) >= 11 is 18.6. The Hall–Kier alpha value is -3.06. The molecule has 0 spiro atoms. The molecule has 1 unspecified atom stereocenters. The molecular formula is C25H17Cl3FNO4. The lowest BCUT2D eigenvalue weighted by Crippen LogP contribution is -2.29. The number of aryl methyl sites for hydroxylation is 1. The molecule has 3 aromatic rings. The molecule has 1 N–H and O–H groups in total. The van der Waals surface area contributed by atoms with Gasteiger partial charge in [-0.05, 0) is 66.6 Å². The predicted octanol–water partition coefficient (Wildman–Crippen LogP) is 6.73. The van der Waals surface area contributed by atoms with Gasteiger partial charge in [0, 0.05) is 5.69 Å². The van der Waals surface area contributed by atoms with Gasteiger partial charge in [-0.2, -0.15) is 0 Å². The lowest BCUT2D eigenvalue weighted by Gasteiger charge is -2.26. The molecule has 0 saturated carbocycles. The number of rotatable bonds is 4. The van der Waals surface area contributed by atoms with Crippen LogP contribution in [0.15, 0.2) is 60.2 Å². The third kappa shape index (κ3) is 4.13. The molecule has 1 aliphatic rings. The summed E-state index contributed by atoms with van der Waals surface area (Å²) in [5, 5.41) is 12.0. The number of nitrogens with zero attached hydrogens (tertiary/aromatic N) is 1. The summed E-state index contributed by atoms with van der Waals surface area (Å²) in [6.45, 7) is 1.76. The van der Waals surface area contributed by atoms with E-state index in [1.807, 2.05) is 0 Å². The molecule has 1 heterocycles. The zero-order valence-corrected chi connectivity index (χ0v) is 20.2. The Kier molecular flexibility index (Phi) is 6.58. The molecule has 34 heavy (non-hydrogen) atoms. The van der Waals surface area contributed by atoms with Gasteiger partial charge in [-0.1, -0.05) is 40.9 Å². The molecule has 5 nitrogen and oxygen atoms in total. The predicted molar refractivity (Wildman–Crippen MR) is 130 cm³/mol. The number of aliphatic hydroxyl groups excluding tert-OH is 1. The minimum absolute atomic E-state index is 0.144. The average Bonchev–Trinajstić information content (AvgIpc) is 3.06. The number of benzene rings is 3. The maximum Gasteiger partial charge on any atom is 0.300 e. The van der Waals surface area contributed by atoms with Crippen LogP contribution >= 0.6 is 34.8 Å². The molecule has 9 heteroatoms. The van der Waals surface area contributed by atoms with Gasteiger partial charge in [-0.25, -0.2) is 4.39 Å². The second-order valence-electron chi connectivity index (χ2n) is 7.65. The number of anilines is 1. The zero-order valence-electron chi connectivity index (χ0n) is 17.9. The largest absolute Gasteiger partial charge is 0.507 e. The van der Waals surface area contributed by atoms with Gasteiger partial charge in [0.15, 0.2) is 0 Å². The van der Waals surface area contributed by atoms with E-state index < -0.39 is 29.3 Å². The standard InChI is InChI=1S/C25H17Cl3FNO4/c1-12-9-16(24(34-2)19(28)10-12)22(31)20-21(13-3-8-17(26)18(27)11-13)30(25(33)23(20)32)15-6-4-14(29)5-7-15/h3-11,21,31H,1-2H3/b22-20+. The fourth-order valence-electron chi connectivity index (χ4n) is 3.96. The van der Waals surface area contributed by atoms with E-state index >= 15 is 0 Å². The van der Waals surface area contributed by atoms with E-state index in [4.69, 9.17) is 39.5 Å². The van der Waals surface area contributed by atoms with Crippen molar-refractivity contribution in [3.8, 4) is 5.75 Å². The molecule has 0 aliphatic carbocycles. The molecule has 0 radical (unpaired) electrons. The van der Waals surface area contributed by atoms with Crippen molar-refractivity contribution in [1.82, 2.24) is 0 Å². The summed E-state index contributed by atoms with van der Waals surface area (Å²) < 4.78 is 18.9. The Morgan fingerprint density at radius 2 is 1.65 bits per heavy atom. The summed E-state index contributed by atoms with van der Waals surface area (Å²) in [4.78, 5) is 27.6. The molecule has 174 valence electrons. The molecular weight excluding hydrogens is 504 g/mol. The molecule has 1 saturated heterocycles. The van der Waals surface area contributed by atoms with Gasteiger partial charge in [0.25, 0.3) is 11.7 Å². The number of ether oxygens (including phenoxy) is 1. The monoisotopic (exact) mass is 519 g/mol. The van der Waals surface area contributed by atoms with Crippen molar-refractivity contribution in [1.29, 1.82) is 0 Å². The zero-order chi connectivity index (χ0) is 24.7. The summed E-state index contributed by atoms with van der Waals surface area (Å²) in [7, 11) is 1.38. The minimum atomic E-state index is -1.08. The first kappa shape index (κ1) is 24.1. The number of hydrogen-bond acceptors (Lipinski definition) is 4. The highest BCUT2D eigenvalue weighted by atomic mass is 35.5. The maximum atomic E-state index is 13.6. The number of Topliss-reactive ketones (excluding diaryl/α,β-unsaturated/α-hetero) is 1. The molecule has 4 rings (SSSR count). The second-order valence-corrected chi connectivity index (χ2v) is 8.87. The van der Waals surface area contributed by atoms with E-state index in [2.05, 4.69) is 0 Å². The van der Waals surface area contributed by atoms with Crippen molar-refractivity contribution in [2.45, 2.75) is 13.0 Å². The Morgan fingerprint density at radius 1 is 0.971 bits per heavy atom. The normalized spacial score (nSPS) is 17.4. The van der Waals surface area contributed by atoms with E-state index in [-0.39, 0.29) is 37.6 Å². The summed E-state index contributed by atoms with van der Waals surface area (Å²) in [6.07, 6.45) is 0. The van der Waals surface area contributed by atoms with E-state index in [0.717, 1.165) is 0 Å². The van der Waals surface area contributed by atoms with Crippen LogP contribution in [0.2, 0.25) is 15.1 Å². The van der Waals surface area contributed by atoms with E-state index in [1.54, 1.807) is 25.1 Å². The first-order valence-electron chi connectivity index (χ1n) is 10.00. The van der Waals surface area contributed by atoms with Crippen LogP contribution in [0.1, 0.15) is 22.7 Å². The van der Waals surface area contributed by atoms with Crippen molar-refractivity contribution in [2.24, 2.45) is 0 Å². The molecule has 1 atom stereocenters. The molecule has 1 fully saturated rings. The van der Waals surface area contributed by atoms with Crippen molar-refractivity contribution in [2.75, 3.05) is 12.0 Å². The van der Waals surface area contributed by atoms with Gasteiger partial charge in [0.05, 0.1) is 39.4 Å². The van der Waals surface area contributed by atoms with Crippen LogP contribution < -0.4 is 9.64 Å². The van der Waals surface area contributed by atoms with E-state index in [0.29, 0.717) is 11.1 Å². The fraction of sp³-hybridized carbons (Fsp3) is 0.120. The quantitative estimate of drug-likeness (QED) is 0.235.